The average Bonchev–Trinajstić information content (AvgIpc) is 1.82. The van der Waals surface area contributed by atoms with Crippen molar-refractivity contribution < 1.29 is 14.8 Å². The quantitative estimate of drug-likeness (QED) is 0.506. The lowest BCUT2D eigenvalue weighted by atomic mass is 10.3. The van der Waals surface area contributed by atoms with Gasteiger partial charge in [-0.2, -0.15) is 0 Å². The number of nitrogens with one attached hydrogen (secondary N) is 1. The molecule has 0 rings (SSSR count). The molecule has 0 aliphatic heterocycles. The molecule has 1 atom stereocenters. The van der Waals surface area contributed by atoms with E-state index in [1.165, 1.54) is 6.08 Å². The van der Waals surface area contributed by atoms with Gasteiger partial charge in [0.05, 0.1) is 33.7 Å². The van der Waals surface area contributed by atoms with Gasteiger partial charge < -0.3 is 15.3 Å². The maximum absolute atomic E-state index is 10.9. The fraction of sp³-hybridized carbons (Fsp3) is 0.667. The molecule has 0 bridgehead atoms. The van der Waals surface area contributed by atoms with Gasteiger partial charge >= 0.3 is 0 Å². The summed E-state index contributed by atoms with van der Waals surface area (Å²) in [5, 5.41) is 2.81. The first kappa shape index (κ1) is 14.6. The first-order valence-corrected chi connectivity index (χ1v) is 4.08. The highest BCUT2D eigenvalue weighted by Gasteiger charge is 2.13. The molecule has 0 aromatic heterocycles. The second-order valence-electron chi connectivity index (χ2n) is 4.09. The van der Waals surface area contributed by atoms with Crippen molar-refractivity contribution in [2.45, 2.75) is 13.0 Å². The third-order valence-corrected chi connectivity index (χ3v) is 1.40. The van der Waals surface area contributed by atoms with Gasteiger partial charge in [0, 0.05) is 0 Å². The van der Waals surface area contributed by atoms with E-state index in [0.717, 1.165) is 11.0 Å². The predicted molar refractivity (Wildman–Crippen MR) is 52.6 cm³/mol. The van der Waals surface area contributed by atoms with Crippen LogP contribution in [0.25, 0.3) is 0 Å². The Morgan fingerprint density at radius 2 is 2.00 bits per heavy atom. The molecule has 0 spiro atoms. The molecule has 0 aliphatic carbocycles. The zero-order valence-electron chi connectivity index (χ0n) is 8.87. The number of carbonyl (C=O) groups excluding carboxylic acids is 1. The van der Waals surface area contributed by atoms with E-state index in [9.17, 15) is 4.79 Å². The van der Waals surface area contributed by atoms with Crippen LogP contribution in [0, 0.1) is 0 Å². The summed E-state index contributed by atoms with van der Waals surface area (Å²) in [7, 11) is 6.28. The molecule has 0 fully saturated rings. The Morgan fingerprint density at radius 3 is 2.31 bits per heavy atom. The number of hydrogen-bond acceptors (Lipinski definition) is 2. The van der Waals surface area contributed by atoms with Gasteiger partial charge in [-0.3, -0.25) is 4.79 Å². The summed E-state index contributed by atoms with van der Waals surface area (Å²) in [5.41, 5.74) is 0. The van der Waals surface area contributed by atoms with E-state index in [4.69, 9.17) is 0 Å². The van der Waals surface area contributed by atoms with Gasteiger partial charge in [0.2, 0.25) is 5.91 Å². The molecule has 78 valence electrons. The van der Waals surface area contributed by atoms with Crippen molar-refractivity contribution in [3.8, 4) is 0 Å². The largest absolute Gasteiger partial charge is 0.870 e. The average molecular weight is 188 g/mol. The Labute approximate surface area is 80.1 Å². The van der Waals surface area contributed by atoms with Crippen LogP contribution in [0.1, 0.15) is 6.92 Å². The number of quaternary nitrogens is 1. The minimum Gasteiger partial charge on any atom is -0.870 e. The maximum atomic E-state index is 10.9. The minimum atomic E-state index is -0.101. The molecular weight excluding hydrogens is 168 g/mol. The van der Waals surface area contributed by atoms with Crippen molar-refractivity contribution in [1.29, 1.82) is 0 Å². The van der Waals surface area contributed by atoms with E-state index < -0.39 is 0 Å². The molecule has 1 unspecified atom stereocenters. The van der Waals surface area contributed by atoms with Gasteiger partial charge in [0.15, 0.2) is 0 Å². The van der Waals surface area contributed by atoms with Gasteiger partial charge in [-0.25, -0.2) is 0 Å². The van der Waals surface area contributed by atoms with E-state index in [2.05, 4.69) is 33.0 Å². The first-order chi connectivity index (χ1) is 5.35. The van der Waals surface area contributed by atoms with Crippen molar-refractivity contribution in [2.75, 3.05) is 27.7 Å². The first-order valence-electron chi connectivity index (χ1n) is 4.08. The summed E-state index contributed by atoms with van der Waals surface area (Å²) in [6.07, 6.45) is 1.30. The molecule has 2 N–H and O–H groups in total. The van der Waals surface area contributed by atoms with Crippen molar-refractivity contribution in [1.82, 2.24) is 5.32 Å². The lowest BCUT2D eigenvalue weighted by Gasteiger charge is -2.27. The van der Waals surface area contributed by atoms with Gasteiger partial charge in [-0.1, -0.05) is 6.58 Å². The number of amides is 1. The van der Waals surface area contributed by atoms with E-state index in [1.807, 2.05) is 6.92 Å². The van der Waals surface area contributed by atoms with Crippen LogP contribution in [-0.4, -0.2) is 49.6 Å². The smallest absolute Gasteiger partial charge is 0.243 e. The lowest BCUT2D eigenvalue weighted by molar-refractivity contribution is -0.871. The van der Waals surface area contributed by atoms with Crippen LogP contribution in [0.4, 0.5) is 0 Å². The summed E-state index contributed by atoms with van der Waals surface area (Å²) < 4.78 is 0.846. The van der Waals surface area contributed by atoms with Gasteiger partial charge in [-0.05, 0) is 13.0 Å². The number of likely N-dealkylation sites (N-methyl/N-ethyl adjacent to an activating group) is 1. The maximum Gasteiger partial charge on any atom is 0.243 e. The Morgan fingerprint density at radius 1 is 1.54 bits per heavy atom. The fourth-order valence-electron chi connectivity index (χ4n) is 1.17. The summed E-state index contributed by atoms with van der Waals surface area (Å²) >= 11 is 0. The Kier molecular flexibility index (Phi) is 6.44. The molecular formula is C9H20N2O2. The molecule has 4 heteroatoms. The molecule has 0 radical (unpaired) electrons. The standard InChI is InChI=1S/C9H18N2O.H2O/c1-6-9(12)10-8(2)7-11(3,4)5;/h6,8H,1,7H2,2-5H3;1H2. The topological polar surface area (TPSA) is 59.1 Å². The van der Waals surface area contributed by atoms with Gasteiger partial charge in [0.1, 0.15) is 0 Å². The monoisotopic (exact) mass is 188 g/mol. The van der Waals surface area contributed by atoms with Crippen molar-refractivity contribution in [2.24, 2.45) is 0 Å². The predicted octanol–water partition coefficient (Wildman–Crippen LogP) is 0.207. The lowest BCUT2D eigenvalue weighted by Crippen LogP contribution is -2.47. The number of hydrogen-bond donors (Lipinski definition) is 1. The molecule has 0 heterocycles. The molecule has 13 heavy (non-hydrogen) atoms. The van der Waals surface area contributed by atoms with Crippen LogP contribution >= 0.6 is 0 Å². The minimum absolute atomic E-state index is 0. The third-order valence-electron chi connectivity index (χ3n) is 1.40. The van der Waals surface area contributed by atoms with Crippen LogP contribution < -0.4 is 5.32 Å². The summed E-state index contributed by atoms with van der Waals surface area (Å²) in [6, 6.07) is 0.190. The molecule has 1 amide bonds. The highest BCUT2D eigenvalue weighted by Crippen LogP contribution is 1.93. The van der Waals surface area contributed by atoms with E-state index in [0.29, 0.717) is 0 Å². The molecule has 0 saturated carbocycles. The van der Waals surface area contributed by atoms with Crippen molar-refractivity contribution >= 4 is 5.91 Å². The normalized spacial score (nSPS) is 12.6. The SMILES string of the molecule is C=CC(=O)NC(C)C[N+](C)(C)C.[OH-]. The molecule has 0 saturated heterocycles. The Balaban J connectivity index is 0. The van der Waals surface area contributed by atoms with Crippen molar-refractivity contribution in [3.63, 3.8) is 0 Å². The van der Waals surface area contributed by atoms with Crippen LogP contribution in [0.5, 0.6) is 0 Å². The molecule has 0 aliphatic rings. The second kappa shape index (κ2) is 5.72. The zero-order valence-corrected chi connectivity index (χ0v) is 8.87. The van der Waals surface area contributed by atoms with E-state index in [-0.39, 0.29) is 17.4 Å². The molecule has 0 aromatic rings. The highest BCUT2D eigenvalue weighted by atomic mass is 16.1. The number of rotatable bonds is 4. The fourth-order valence-corrected chi connectivity index (χ4v) is 1.17. The Hall–Kier alpha value is -0.870. The van der Waals surface area contributed by atoms with Crippen LogP contribution in [-0.2, 0) is 4.79 Å². The van der Waals surface area contributed by atoms with Crippen molar-refractivity contribution in [3.05, 3.63) is 12.7 Å². The summed E-state index contributed by atoms with van der Waals surface area (Å²) in [4.78, 5) is 10.9. The van der Waals surface area contributed by atoms with Crippen LogP contribution in [0.3, 0.4) is 0 Å². The summed E-state index contributed by atoms with van der Waals surface area (Å²) in [5.74, 6) is -0.101. The van der Waals surface area contributed by atoms with E-state index >= 15 is 0 Å². The Bertz CT molecular complexity index is 173. The molecule has 4 nitrogen and oxygen atoms in total. The van der Waals surface area contributed by atoms with Gasteiger partial charge in [-0.15, -0.1) is 0 Å². The number of nitrogens with zero attached hydrogens (tertiary/aromatic N) is 1. The zero-order chi connectivity index (χ0) is 9.78. The molecule has 0 aromatic carbocycles. The van der Waals surface area contributed by atoms with E-state index in [1.54, 1.807) is 0 Å². The van der Waals surface area contributed by atoms with Gasteiger partial charge in [0.25, 0.3) is 0 Å². The third kappa shape index (κ3) is 9.04. The van der Waals surface area contributed by atoms with Crippen LogP contribution in [0.15, 0.2) is 12.7 Å². The summed E-state index contributed by atoms with van der Waals surface area (Å²) in [6.45, 7) is 6.30. The number of carbonyl (C=O) groups is 1. The second-order valence-corrected chi connectivity index (χ2v) is 4.09. The highest BCUT2D eigenvalue weighted by molar-refractivity contribution is 5.87. The van der Waals surface area contributed by atoms with Crippen LogP contribution in [0.2, 0.25) is 0 Å².